The lowest BCUT2D eigenvalue weighted by Crippen LogP contribution is -2.03. The fraction of sp³-hybridized carbons (Fsp3) is 0.400. The minimum Gasteiger partial charge on any atom is -0.379 e. The van der Waals surface area contributed by atoms with Gasteiger partial charge in [-0.2, -0.15) is 0 Å². The molecule has 0 saturated carbocycles. The average molecular weight is 288 g/mol. The van der Waals surface area contributed by atoms with E-state index in [1.807, 2.05) is 0 Å². The molecule has 0 aliphatic heterocycles. The Morgan fingerprint density at radius 2 is 1.35 bits per heavy atom. The topological polar surface area (TPSA) is 99.7 Å². The molecule has 0 radical (unpaired) electrons. The van der Waals surface area contributed by atoms with Crippen molar-refractivity contribution in [1.82, 2.24) is 0 Å². The highest BCUT2D eigenvalue weighted by Gasteiger charge is 2.12. The van der Waals surface area contributed by atoms with Gasteiger partial charge in [-0.25, -0.2) is 0 Å². The molecule has 0 aromatic carbocycles. The van der Waals surface area contributed by atoms with Crippen LogP contribution in [0, 0.1) is 24.7 Å². The molecular weight excluding hydrogens is 272 g/mol. The van der Waals surface area contributed by atoms with Crippen LogP contribution in [-0.4, -0.2) is 10.3 Å². The SMILES string of the molecule is Cc1c(CSC(=N)N)sc(CSC(=N)N)c1C. The van der Waals surface area contributed by atoms with Gasteiger partial charge < -0.3 is 11.5 Å². The van der Waals surface area contributed by atoms with Gasteiger partial charge in [0, 0.05) is 21.3 Å². The molecular formula is C10H16N4S3. The third-order valence-corrected chi connectivity index (χ3v) is 5.61. The van der Waals surface area contributed by atoms with Gasteiger partial charge in [-0.1, -0.05) is 23.5 Å². The van der Waals surface area contributed by atoms with E-state index in [9.17, 15) is 0 Å². The summed E-state index contributed by atoms with van der Waals surface area (Å²) in [6.07, 6.45) is 0. The van der Waals surface area contributed by atoms with E-state index in [0.717, 1.165) is 11.5 Å². The van der Waals surface area contributed by atoms with Crippen LogP contribution in [0.3, 0.4) is 0 Å². The van der Waals surface area contributed by atoms with Crippen LogP contribution in [0.2, 0.25) is 0 Å². The number of amidine groups is 2. The number of thiophene rings is 1. The lowest BCUT2D eigenvalue weighted by molar-refractivity contribution is 1.30. The van der Waals surface area contributed by atoms with Crippen LogP contribution in [0.25, 0.3) is 0 Å². The molecule has 94 valence electrons. The second kappa shape index (κ2) is 6.32. The van der Waals surface area contributed by atoms with Gasteiger partial charge in [0.1, 0.15) is 0 Å². The smallest absolute Gasteiger partial charge is 0.151 e. The molecule has 1 aromatic rings. The first kappa shape index (κ1) is 14.4. The molecule has 0 spiro atoms. The van der Waals surface area contributed by atoms with Crippen molar-refractivity contribution in [1.29, 1.82) is 10.8 Å². The molecule has 1 rings (SSSR count). The van der Waals surface area contributed by atoms with Crippen molar-refractivity contribution < 1.29 is 0 Å². The molecule has 17 heavy (non-hydrogen) atoms. The number of thioether (sulfide) groups is 2. The summed E-state index contributed by atoms with van der Waals surface area (Å²) in [5, 5.41) is 14.7. The lowest BCUT2D eigenvalue weighted by Gasteiger charge is -1.98. The number of hydrogen-bond donors (Lipinski definition) is 4. The Labute approximate surface area is 114 Å². The van der Waals surface area contributed by atoms with Gasteiger partial charge in [-0.05, 0) is 25.0 Å². The minimum absolute atomic E-state index is 0.148. The highest BCUT2D eigenvalue weighted by molar-refractivity contribution is 8.13. The normalized spacial score (nSPS) is 10.5. The fourth-order valence-corrected chi connectivity index (χ4v) is 4.02. The monoisotopic (exact) mass is 288 g/mol. The molecule has 1 heterocycles. The Kier molecular flexibility index (Phi) is 5.35. The molecule has 0 unspecified atom stereocenters. The van der Waals surface area contributed by atoms with Gasteiger partial charge in [0.15, 0.2) is 10.3 Å². The van der Waals surface area contributed by atoms with Crippen LogP contribution >= 0.6 is 34.9 Å². The maximum Gasteiger partial charge on any atom is 0.151 e. The van der Waals surface area contributed by atoms with Gasteiger partial charge in [0.25, 0.3) is 0 Å². The van der Waals surface area contributed by atoms with Crippen molar-refractivity contribution in [3.63, 3.8) is 0 Å². The minimum atomic E-state index is 0.148. The van der Waals surface area contributed by atoms with Crippen molar-refractivity contribution >= 4 is 45.2 Å². The molecule has 0 aliphatic carbocycles. The molecule has 1 aromatic heterocycles. The Balaban J connectivity index is 2.76. The fourth-order valence-electron chi connectivity index (χ4n) is 1.28. The zero-order chi connectivity index (χ0) is 13.0. The summed E-state index contributed by atoms with van der Waals surface area (Å²) in [5.74, 6) is 1.49. The van der Waals surface area contributed by atoms with E-state index >= 15 is 0 Å². The molecule has 0 saturated heterocycles. The summed E-state index contributed by atoms with van der Waals surface area (Å²) in [5.41, 5.74) is 13.2. The van der Waals surface area contributed by atoms with Crippen molar-refractivity contribution in [2.45, 2.75) is 25.4 Å². The van der Waals surface area contributed by atoms with Crippen molar-refractivity contribution in [2.24, 2.45) is 11.5 Å². The van der Waals surface area contributed by atoms with Crippen LogP contribution in [-0.2, 0) is 11.5 Å². The predicted octanol–water partition coefficient (Wildman–Crippen LogP) is 2.62. The summed E-state index contributed by atoms with van der Waals surface area (Å²) in [6, 6.07) is 0. The molecule has 0 aliphatic rings. The molecule has 0 amide bonds. The van der Waals surface area contributed by atoms with Gasteiger partial charge in [0.05, 0.1) is 0 Å². The van der Waals surface area contributed by atoms with Gasteiger partial charge in [0.2, 0.25) is 0 Å². The Hall–Kier alpha value is -0.660. The Bertz CT molecular complexity index is 401. The molecule has 0 fully saturated rings. The van der Waals surface area contributed by atoms with Gasteiger partial charge in [-0.15, -0.1) is 11.3 Å². The van der Waals surface area contributed by atoms with Gasteiger partial charge in [-0.3, -0.25) is 10.8 Å². The number of rotatable bonds is 4. The van der Waals surface area contributed by atoms with Crippen molar-refractivity contribution in [2.75, 3.05) is 0 Å². The van der Waals surface area contributed by atoms with E-state index in [4.69, 9.17) is 22.3 Å². The summed E-state index contributed by atoms with van der Waals surface area (Å²) >= 11 is 4.41. The zero-order valence-electron chi connectivity index (χ0n) is 9.79. The first-order valence-electron chi connectivity index (χ1n) is 4.93. The average Bonchev–Trinajstić information content (AvgIpc) is 2.51. The molecule has 7 heteroatoms. The van der Waals surface area contributed by atoms with Crippen LogP contribution < -0.4 is 11.5 Å². The summed E-state index contributed by atoms with van der Waals surface area (Å²) in [6.45, 7) is 4.17. The summed E-state index contributed by atoms with van der Waals surface area (Å²) in [4.78, 5) is 2.50. The molecule has 0 atom stereocenters. The quantitative estimate of drug-likeness (QED) is 0.505. The van der Waals surface area contributed by atoms with E-state index in [1.165, 1.54) is 44.4 Å². The molecule has 4 nitrogen and oxygen atoms in total. The van der Waals surface area contributed by atoms with Crippen molar-refractivity contribution in [3.8, 4) is 0 Å². The number of nitrogens with two attached hydrogens (primary N) is 2. The Morgan fingerprint density at radius 3 is 1.65 bits per heavy atom. The predicted molar refractivity (Wildman–Crippen MR) is 80.2 cm³/mol. The maximum absolute atomic E-state index is 7.21. The zero-order valence-corrected chi connectivity index (χ0v) is 12.2. The second-order valence-corrected chi connectivity index (χ2v) is 6.73. The lowest BCUT2D eigenvalue weighted by atomic mass is 10.2. The van der Waals surface area contributed by atoms with Crippen LogP contribution in [0.1, 0.15) is 20.9 Å². The molecule has 6 N–H and O–H groups in total. The third-order valence-electron chi connectivity index (χ3n) is 2.36. The Morgan fingerprint density at radius 1 is 1.00 bits per heavy atom. The first-order chi connectivity index (χ1) is 7.91. The van der Waals surface area contributed by atoms with E-state index in [-0.39, 0.29) is 10.3 Å². The van der Waals surface area contributed by atoms with E-state index in [1.54, 1.807) is 11.3 Å². The van der Waals surface area contributed by atoms with E-state index in [2.05, 4.69) is 13.8 Å². The van der Waals surface area contributed by atoms with Gasteiger partial charge >= 0.3 is 0 Å². The molecule has 0 bridgehead atoms. The van der Waals surface area contributed by atoms with Crippen LogP contribution in [0.4, 0.5) is 0 Å². The van der Waals surface area contributed by atoms with E-state index in [0.29, 0.717) is 0 Å². The van der Waals surface area contributed by atoms with Crippen LogP contribution in [0.5, 0.6) is 0 Å². The first-order valence-corrected chi connectivity index (χ1v) is 7.72. The highest BCUT2D eigenvalue weighted by atomic mass is 32.2. The highest BCUT2D eigenvalue weighted by Crippen LogP contribution is 2.32. The number of nitrogens with one attached hydrogen (secondary N) is 2. The number of hydrogen-bond acceptors (Lipinski definition) is 5. The maximum atomic E-state index is 7.21. The van der Waals surface area contributed by atoms with Crippen molar-refractivity contribution in [3.05, 3.63) is 20.9 Å². The second-order valence-electron chi connectivity index (χ2n) is 3.50. The summed E-state index contributed by atoms with van der Waals surface area (Å²) in [7, 11) is 0. The van der Waals surface area contributed by atoms with Crippen LogP contribution in [0.15, 0.2) is 0 Å². The third kappa shape index (κ3) is 4.25. The van der Waals surface area contributed by atoms with E-state index < -0.39 is 0 Å². The standard InChI is InChI=1S/C10H16N4S3/c1-5-6(2)8(4-16-10(13)14)17-7(5)3-15-9(11)12/h3-4H2,1-2H3,(H3,11,12)(H3,13,14). The summed E-state index contributed by atoms with van der Waals surface area (Å²) < 4.78 is 0. The largest absolute Gasteiger partial charge is 0.379 e.